The average Bonchev–Trinajstić information content (AvgIpc) is 2.31. The van der Waals surface area contributed by atoms with E-state index in [-0.39, 0.29) is 0 Å². The van der Waals surface area contributed by atoms with E-state index in [0.717, 1.165) is 18.4 Å². The van der Waals surface area contributed by atoms with E-state index in [1.54, 1.807) is 6.07 Å². The van der Waals surface area contributed by atoms with Gasteiger partial charge in [0.05, 0.1) is 0 Å². The second kappa shape index (κ2) is 4.51. The Bertz CT molecular complexity index is 451. The monoisotopic (exact) mass is 197 g/mol. The quantitative estimate of drug-likeness (QED) is 0.707. The molecule has 2 nitrogen and oxygen atoms in total. The van der Waals surface area contributed by atoms with Crippen molar-refractivity contribution in [1.29, 1.82) is 0 Å². The molecule has 0 N–H and O–H groups in total. The van der Waals surface area contributed by atoms with Crippen LogP contribution in [0.4, 0.5) is 0 Å². The second-order valence-corrected chi connectivity index (χ2v) is 3.33. The summed E-state index contributed by atoms with van der Waals surface area (Å²) in [6.07, 6.45) is 1.54. The molecule has 0 aliphatic rings. The minimum Gasteiger partial charge on any atom is -0.296 e. The van der Waals surface area contributed by atoms with Crippen molar-refractivity contribution in [2.45, 2.75) is 6.42 Å². The van der Waals surface area contributed by atoms with Crippen LogP contribution in [-0.4, -0.2) is 11.3 Å². The number of aromatic nitrogens is 1. The van der Waals surface area contributed by atoms with E-state index in [2.05, 4.69) is 17.1 Å². The lowest BCUT2D eigenvalue weighted by Crippen LogP contribution is -1.95. The predicted octanol–water partition coefficient (Wildman–Crippen LogP) is 2.48. The zero-order chi connectivity index (χ0) is 10.5. The highest BCUT2D eigenvalue weighted by Gasteiger charge is 1.98. The standard InChI is InChI=1S/C13H11NO/c15-10-13-8-4-7-12(14-13)9-11-5-2-1-3-6-11/h1-8,10H,9H2. The summed E-state index contributed by atoms with van der Waals surface area (Å²) >= 11 is 0. The van der Waals surface area contributed by atoms with E-state index in [1.165, 1.54) is 5.56 Å². The third-order valence-corrected chi connectivity index (χ3v) is 2.18. The fourth-order valence-electron chi connectivity index (χ4n) is 1.47. The zero-order valence-corrected chi connectivity index (χ0v) is 8.26. The molecule has 1 aromatic heterocycles. The average molecular weight is 197 g/mol. The molecule has 0 aliphatic carbocycles. The van der Waals surface area contributed by atoms with Crippen LogP contribution in [0.3, 0.4) is 0 Å². The molecule has 1 heterocycles. The molecule has 0 radical (unpaired) electrons. The lowest BCUT2D eigenvalue weighted by Gasteiger charge is -2.01. The molecule has 0 bridgehead atoms. The van der Waals surface area contributed by atoms with Gasteiger partial charge in [-0.1, -0.05) is 36.4 Å². The maximum Gasteiger partial charge on any atom is 0.168 e. The lowest BCUT2D eigenvalue weighted by molar-refractivity contribution is 0.111. The fourth-order valence-corrected chi connectivity index (χ4v) is 1.47. The Hall–Kier alpha value is -1.96. The van der Waals surface area contributed by atoms with Crippen molar-refractivity contribution < 1.29 is 4.79 Å². The first-order valence-corrected chi connectivity index (χ1v) is 4.83. The minimum absolute atomic E-state index is 0.489. The first-order chi connectivity index (χ1) is 7.38. The van der Waals surface area contributed by atoms with E-state index in [9.17, 15) is 4.79 Å². The van der Waals surface area contributed by atoms with Gasteiger partial charge in [-0.3, -0.25) is 4.79 Å². The summed E-state index contributed by atoms with van der Waals surface area (Å²) in [5.74, 6) is 0. The van der Waals surface area contributed by atoms with Crippen molar-refractivity contribution in [2.75, 3.05) is 0 Å². The molecule has 74 valence electrons. The van der Waals surface area contributed by atoms with Gasteiger partial charge in [-0.25, -0.2) is 4.98 Å². The largest absolute Gasteiger partial charge is 0.296 e. The summed E-state index contributed by atoms with van der Waals surface area (Å²) in [5.41, 5.74) is 2.61. The smallest absolute Gasteiger partial charge is 0.168 e. The van der Waals surface area contributed by atoms with E-state index in [4.69, 9.17) is 0 Å². The minimum atomic E-state index is 0.489. The van der Waals surface area contributed by atoms with Crippen LogP contribution in [-0.2, 0) is 6.42 Å². The number of carbonyl (C=O) groups excluding carboxylic acids is 1. The van der Waals surface area contributed by atoms with Gasteiger partial charge in [0.1, 0.15) is 5.69 Å². The van der Waals surface area contributed by atoms with Crippen LogP contribution in [0.2, 0.25) is 0 Å². The Morgan fingerprint density at radius 2 is 1.80 bits per heavy atom. The second-order valence-electron chi connectivity index (χ2n) is 3.33. The molecule has 1 aromatic carbocycles. The summed E-state index contributed by atoms with van der Waals surface area (Å²) in [6.45, 7) is 0. The molecule has 0 atom stereocenters. The molecular formula is C13H11NO. The van der Waals surface area contributed by atoms with Crippen molar-refractivity contribution in [3.05, 3.63) is 65.5 Å². The normalized spacial score (nSPS) is 9.87. The fraction of sp³-hybridized carbons (Fsp3) is 0.0769. The Morgan fingerprint density at radius 3 is 2.53 bits per heavy atom. The highest BCUT2D eigenvalue weighted by Crippen LogP contribution is 2.06. The van der Waals surface area contributed by atoms with Gasteiger partial charge >= 0.3 is 0 Å². The summed E-state index contributed by atoms with van der Waals surface area (Å²) < 4.78 is 0. The molecule has 2 aromatic rings. The molecule has 0 unspecified atom stereocenters. The summed E-state index contributed by atoms with van der Waals surface area (Å²) in [6, 6.07) is 15.6. The van der Waals surface area contributed by atoms with E-state index in [0.29, 0.717) is 5.69 Å². The third-order valence-electron chi connectivity index (χ3n) is 2.18. The number of hydrogen-bond acceptors (Lipinski definition) is 2. The van der Waals surface area contributed by atoms with Crippen molar-refractivity contribution in [1.82, 2.24) is 4.98 Å². The topological polar surface area (TPSA) is 30.0 Å². The van der Waals surface area contributed by atoms with Crippen molar-refractivity contribution >= 4 is 6.29 Å². The van der Waals surface area contributed by atoms with Gasteiger partial charge in [-0.15, -0.1) is 0 Å². The van der Waals surface area contributed by atoms with Crippen molar-refractivity contribution in [3.8, 4) is 0 Å². The molecule has 2 rings (SSSR count). The van der Waals surface area contributed by atoms with Crippen LogP contribution in [0.25, 0.3) is 0 Å². The van der Waals surface area contributed by atoms with Gasteiger partial charge < -0.3 is 0 Å². The van der Waals surface area contributed by atoms with Crippen LogP contribution < -0.4 is 0 Å². The molecule has 0 saturated heterocycles. The van der Waals surface area contributed by atoms with Crippen LogP contribution >= 0.6 is 0 Å². The zero-order valence-electron chi connectivity index (χ0n) is 8.26. The maximum absolute atomic E-state index is 10.5. The van der Waals surface area contributed by atoms with Crippen molar-refractivity contribution in [3.63, 3.8) is 0 Å². The van der Waals surface area contributed by atoms with Crippen molar-refractivity contribution in [2.24, 2.45) is 0 Å². The Labute approximate surface area is 88.6 Å². The number of benzene rings is 1. The Balaban J connectivity index is 2.21. The van der Waals surface area contributed by atoms with Crippen LogP contribution in [0.1, 0.15) is 21.7 Å². The summed E-state index contributed by atoms with van der Waals surface area (Å²) in [4.78, 5) is 14.8. The number of carbonyl (C=O) groups is 1. The van der Waals surface area contributed by atoms with Crippen LogP contribution in [0.15, 0.2) is 48.5 Å². The van der Waals surface area contributed by atoms with Gasteiger partial charge in [-0.2, -0.15) is 0 Å². The molecule has 2 heteroatoms. The first kappa shape index (κ1) is 9.59. The highest BCUT2D eigenvalue weighted by molar-refractivity contribution is 5.71. The molecule has 0 fully saturated rings. The Morgan fingerprint density at radius 1 is 1.00 bits per heavy atom. The number of rotatable bonds is 3. The van der Waals surface area contributed by atoms with Crippen LogP contribution in [0.5, 0.6) is 0 Å². The summed E-state index contributed by atoms with van der Waals surface area (Å²) in [5, 5.41) is 0. The highest BCUT2D eigenvalue weighted by atomic mass is 16.1. The number of hydrogen-bond donors (Lipinski definition) is 0. The first-order valence-electron chi connectivity index (χ1n) is 4.83. The van der Waals surface area contributed by atoms with E-state index < -0.39 is 0 Å². The lowest BCUT2D eigenvalue weighted by atomic mass is 10.1. The maximum atomic E-state index is 10.5. The SMILES string of the molecule is O=Cc1cccc(Cc2ccccc2)n1. The van der Waals surface area contributed by atoms with Gasteiger partial charge in [0, 0.05) is 12.1 Å². The Kier molecular flexibility index (Phi) is 2.88. The van der Waals surface area contributed by atoms with E-state index >= 15 is 0 Å². The van der Waals surface area contributed by atoms with E-state index in [1.807, 2.05) is 30.3 Å². The predicted molar refractivity (Wildman–Crippen MR) is 58.9 cm³/mol. The molecule has 0 aliphatic heterocycles. The van der Waals surface area contributed by atoms with Crippen LogP contribution in [0, 0.1) is 0 Å². The van der Waals surface area contributed by atoms with Gasteiger partial charge in [0.2, 0.25) is 0 Å². The molecule has 0 saturated carbocycles. The van der Waals surface area contributed by atoms with Gasteiger partial charge in [-0.05, 0) is 17.7 Å². The number of pyridine rings is 1. The summed E-state index contributed by atoms with van der Waals surface area (Å²) in [7, 11) is 0. The van der Waals surface area contributed by atoms with Gasteiger partial charge in [0.25, 0.3) is 0 Å². The number of aldehydes is 1. The molecule has 15 heavy (non-hydrogen) atoms. The third kappa shape index (κ3) is 2.50. The molecule has 0 spiro atoms. The number of nitrogens with zero attached hydrogens (tertiary/aromatic N) is 1. The molecular weight excluding hydrogens is 186 g/mol. The van der Waals surface area contributed by atoms with Gasteiger partial charge in [0.15, 0.2) is 6.29 Å². The molecule has 0 amide bonds.